The first-order valence-electron chi connectivity index (χ1n) is 6.53. The molecule has 0 aliphatic heterocycles. The van der Waals surface area contributed by atoms with Crippen LogP contribution in [0.5, 0.6) is 0 Å². The summed E-state index contributed by atoms with van der Waals surface area (Å²) in [6.07, 6.45) is -0.682. The maximum absolute atomic E-state index is 12.0. The Morgan fingerprint density at radius 2 is 1.55 bits per heavy atom. The van der Waals surface area contributed by atoms with Crippen LogP contribution in [0.4, 0.5) is 4.79 Å². The summed E-state index contributed by atoms with van der Waals surface area (Å²) in [5.74, 6) is -1.28. The summed E-state index contributed by atoms with van der Waals surface area (Å²) in [5, 5.41) is 4.94. The van der Waals surface area contributed by atoms with Crippen LogP contribution in [0, 0.1) is 5.92 Å². The molecule has 20 heavy (non-hydrogen) atoms. The Hall–Kier alpha value is -1.79. The molecule has 4 N–H and O–H groups in total. The predicted octanol–water partition coefficient (Wildman–Crippen LogP) is 0.526. The number of hydrogen-bond acceptors (Lipinski definition) is 4. The van der Waals surface area contributed by atoms with Crippen molar-refractivity contribution in [2.24, 2.45) is 11.7 Å². The molecular formula is C13H25N3O4. The van der Waals surface area contributed by atoms with Crippen LogP contribution in [-0.2, 0) is 14.3 Å². The van der Waals surface area contributed by atoms with Crippen molar-refractivity contribution in [3.63, 3.8) is 0 Å². The molecule has 0 spiro atoms. The van der Waals surface area contributed by atoms with Crippen LogP contribution in [0.2, 0.25) is 0 Å². The van der Waals surface area contributed by atoms with Gasteiger partial charge in [-0.15, -0.1) is 0 Å². The standard InChI is InChI=1S/C13H25N3O4/c1-7(2)9(11(18)15-8(3)10(14)17)16-12(19)20-13(4,5)6/h7-9H,1-6H3,(H2,14,17)(H,15,18)(H,16,19)/t8-,9-/m0/s1. The van der Waals surface area contributed by atoms with Crippen molar-refractivity contribution in [3.05, 3.63) is 0 Å². The Morgan fingerprint density at radius 1 is 1.05 bits per heavy atom. The van der Waals surface area contributed by atoms with E-state index in [0.717, 1.165) is 0 Å². The van der Waals surface area contributed by atoms with Crippen LogP contribution in [0.15, 0.2) is 0 Å². The van der Waals surface area contributed by atoms with Crippen LogP contribution in [0.1, 0.15) is 41.5 Å². The molecule has 0 rings (SSSR count). The number of nitrogens with two attached hydrogens (primary N) is 1. The lowest BCUT2D eigenvalue weighted by atomic mass is 10.0. The minimum atomic E-state index is -0.802. The molecule has 0 saturated carbocycles. The molecule has 0 radical (unpaired) electrons. The highest BCUT2D eigenvalue weighted by molar-refractivity contribution is 5.90. The van der Waals surface area contributed by atoms with Crippen molar-refractivity contribution in [1.29, 1.82) is 0 Å². The summed E-state index contributed by atoms with van der Waals surface area (Å²) in [4.78, 5) is 34.6. The number of nitrogens with one attached hydrogen (secondary N) is 2. The van der Waals surface area contributed by atoms with E-state index >= 15 is 0 Å². The molecule has 0 saturated heterocycles. The zero-order valence-electron chi connectivity index (χ0n) is 12.9. The lowest BCUT2D eigenvalue weighted by molar-refractivity contribution is -0.129. The van der Waals surface area contributed by atoms with Crippen LogP contribution >= 0.6 is 0 Å². The molecule has 7 nitrogen and oxygen atoms in total. The molecule has 3 amide bonds. The molecule has 0 bridgehead atoms. The fraction of sp³-hybridized carbons (Fsp3) is 0.769. The first kappa shape index (κ1) is 18.2. The molecule has 0 aliphatic carbocycles. The van der Waals surface area contributed by atoms with E-state index in [2.05, 4.69) is 10.6 Å². The highest BCUT2D eigenvalue weighted by Crippen LogP contribution is 2.09. The number of primary amides is 1. The largest absolute Gasteiger partial charge is 0.444 e. The van der Waals surface area contributed by atoms with E-state index in [-0.39, 0.29) is 5.92 Å². The molecule has 2 atom stereocenters. The summed E-state index contributed by atoms with van der Waals surface area (Å²) < 4.78 is 5.10. The second kappa shape index (κ2) is 7.12. The van der Waals surface area contributed by atoms with Gasteiger partial charge < -0.3 is 21.1 Å². The van der Waals surface area contributed by atoms with Crippen molar-refractivity contribution in [3.8, 4) is 0 Å². The lowest BCUT2D eigenvalue weighted by Crippen LogP contribution is -2.54. The van der Waals surface area contributed by atoms with E-state index in [4.69, 9.17) is 10.5 Å². The molecule has 0 heterocycles. The van der Waals surface area contributed by atoms with Crippen LogP contribution in [0.25, 0.3) is 0 Å². The maximum Gasteiger partial charge on any atom is 0.408 e. The molecule has 0 aromatic carbocycles. The first-order valence-corrected chi connectivity index (χ1v) is 6.53. The third-order valence-corrected chi connectivity index (χ3v) is 2.41. The van der Waals surface area contributed by atoms with Gasteiger partial charge in [-0.1, -0.05) is 13.8 Å². The Labute approximate surface area is 119 Å². The second-order valence-corrected chi connectivity index (χ2v) is 6.00. The topological polar surface area (TPSA) is 111 Å². The number of amides is 3. The average Bonchev–Trinajstić information content (AvgIpc) is 2.22. The van der Waals surface area contributed by atoms with Crippen molar-refractivity contribution < 1.29 is 19.1 Å². The van der Waals surface area contributed by atoms with Gasteiger partial charge in [-0.2, -0.15) is 0 Å². The van der Waals surface area contributed by atoms with Gasteiger partial charge in [-0.05, 0) is 33.6 Å². The van der Waals surface area contributed by atoms with Crippen molar-refractivity contribution >= 4 is 17.9 Å². The van der Waals surface area contributed by atoms with Gasteiger partial charge in [-0.25, -0.2) is 4.79 Å². The van der Waals surface area contributed by atoms with Crippen LogP contribution in [-0.4, -0.2) is 35.6 Å². The summed E-state index contributed by atoms with van der Waals surface area (Å²) >= 11 is 0. The summed E-state index contributed by atoms with van der Waals surface area (Å²) in [6.45, 7) is 10.2. The molecule has 0 aromatic rings. The summed E-state index contributed by atoms with van der Waals surface area (Å²) in [5.41, 5.74) is 4.43. The summed E-state index contributed by atoms with van der Waals surface area (Å²) in [7, 11) is 0. The molecular weight excluding hydrogens is 262 g/mol. The molecule has 0 aromatic heterocycles. The smallest absolute Gasteiger partial charge is 0.408 e. The van der Waals surface area contributed by atoms with Gasteiger partial charge in [0.05, 0.1) is 0 Å². The van der Waals surface area contributed by atoms with Crippen LogP contribution < -0.4 is 16.4 Å². The number of rotatable bonds is 5. The average molecular weight is 287 g/mol. The Kier molecular flexibility index (Phi) is 6.48. The normalized spacial score (nSPS) is 14.3. The predicted molar refractivity (Wildman–Crippen MR) is 74.8 cm³/mol. The Balaban J connectivity index is 4.69. The van der Waals surface area contributed by atoms with E-state index in [9.17, 15) is 14.4 Å². The third kappa shape index (κ3) is 6.96. The quantitative estimate of drug-likeness (QED) is 0.684. The van der Waals surface area contributed by atoms with Gasteiger partial charge in [0.2, 0.25) is 11.8 Å². The van der Waals surface area contributed by atoms with Gasteiger partial charge >= 0.3 is 6.09 Å². The molecule has 0 fully saturated rings. The van der Waals surface area contributed by atoms with Gasteiger partial charge in [0.25, 0.3) is 0 Å². The van der Waals surface area contributed by atoms with E-state index in [1.54, 1.807) is 34.6 Å². The van der Waals surface area contributed by atoms with E-state index in [1.807, 2.05) is 0 Å². The van der Waals surface area contributed by atoms with E-state index < -0.39 is 35.6 Å². The Bertz CT molecular complexity index is 374. The van der Waals surface area contributed by atoms with Crippen molar-refractivity contribution in [1.82, 2.24) is 10.6 Å². The number of hydrogen-bond donors (Lipinski definition) is 3. The number of carbonyl (C=O) groups excluding carboxylic acids is 3. The minimum Gasteiger partial charge on any atom is -0.444 e. The second-order valence-electron chi connectivity index (χ2n) is 6.00. The highest BCUT2D eigenvalue weighted by Gasteiger charge is 2.28. The summed E-state index contributed by atoms with van der Waals surface area (Å²) in [6, 6.07) is -1.60. The van der Waals surface area contributed by atoms with Crippen molar-refractivity contribution in [2.75, 3.05) is 0 Å². The molecule has 0 aliphatic rings. The SMILES string of the molecule is CC(C)[C@H](NC(=O)OC(C)(C)C)C(=O)N[C@@H](C)C(N)=O. The molecule has 7 heteroatoms. The number of ether oxygens (including phenoxy) is 1. The van der Waals surface area contributed by atoms with Gasteiger partial charge in [0.15, 0.2) is 0 Å². The van der Waals surface area contributed by atoms with Gasteiger partial charge in [0, 0.05) is 0 Å². The highest BCUT2D eigenvalue weighted by atomic mass is 16.6. The van der Waals surface area contributed by atoms with Crippen molar-refractivity contribution in [2.45, 2.75) is 59.2 Å². The fourth-order valence-electron chi connectivity index (χ4n) is 1.34. The fourth-order valence-corrected chi connectivity index (χ4v) is 1.34. The minimum absolute atomic E-state index is 0.164. The monoisotopic (exact) mass is 287 g/mol. The van der Waals surface area contributed by atoms with E-state index in [1.165, 1.54) is 6.92 Å². The van der Waals surface area contributed by atoms with Gasteiger partial charge in [-0.3, -0.25) is 9.59 Å². The Morgan fingerprint density at radius 3 is 1.90 bits per heavy atom. The lowest BCUT2D eigenvalue weighted by Gasteiger charge is -2.25. The third-order valence-electron chi connectivity index (χ3n) is 2.41. The number of carbonyl (C=O) groups is 3. The first-order chi connectivity index (χ1) is 8.94. The zero-order chi connectivity index (χ0) is 16.1. The molecule has 116 valence electrons. The number of alkyl carbamates (subject to hydrolysis) is 1. The zero-order valence-corrected chi connectivity index (χ0v) is 12.9. The van der Waals surface area contributed by atoms with E-state index in [0.29, 0.717) is 0 Å². The van der Waals surface area contributed by atoms with Crippen LogP contribution in [0.3, 0.4) is 0 Å². The maximum atomic E-state index is 12.0. The van der Waals surface area contributed by atoms with Gasteiger partial charge in [0.1, 0.15) is 17.7 Å². The molecule has 0 unspecified atom stereocenters.